The van der Waals surface area contributed by atoms with Gasteiger partial charge in [-0.25, -0.2) is 9.18 Å². The van der Waals surface area contributed by atoms with Crippen LogP contribution in [0.1, 0.15) is 46.9 Å². The van der Waals surface area contributed by atoms with Crippen molar-refractivity contribution in [3.63, 3.8) is 0 Å². The van der Waals surface area contributed by atoms with Gasteiger partial charge in [0.15, 0.2) is 11.2 Å². The van der Waals surface area contributed by atoms with Crippen molar-refractivity contribution in [2.24, 2.45) is 5.73 Å². The highest BCUT2D eigenvalue weighted by Crippen LogP contribution is 2.48. The Hall–Kier alpha value is -2.62. The average molecular weight is 413 g/mol. The molecule has 1 saturated heterocycles. The van der Waals surface area contributed by atoms with Crippen LogP contribution in [0.15, 0.2) is 10.9 Å². The first-order valence-corrected chi connectivity index (χ1v) is 9.24. The standard InChI is InChI=1S/C19H19F4N3O3/c1-8-13-12(27)6-11(18(28)29)26(10-2-3-10)16(13)14(19(21,22)23)17(15(8)20)25-5-4-9(24)7-25/h6,9-10H,2-5,7,24H2,1H3,(H,28,29). The summed E-state index contributed by atoms with van der Waals surface area (Å²) in [6.07, 6.45) is -3.64. The summed E-state index contributed by atoms with van der Waals surface area (Å²) in [7, 11) is 0. The van der Waals surface area contributed by atoms with Gasteiger partial charge in [0.1, 0.15) is 11.3 Å². The topological polar surface area (TPSA) is 88.6 Å². The number of aromatic carboxylic acids is 1. The van der Waals surface area contributed by atoms with E-state index < -0.39 is 63.3 Å². The summed E-state index contributed by atoms with van der Waals surface area (Å²) in [4.78, 5) is 25.5. The van der Waals surface area contributed by atoms with Crippen LogP contribution < -0.4 is 16.1 Å². The third-order valence-corrected chi connectivity index (χ3v) is 5.59. The molecule has 156 valence electrons. The van der Waals surface area contributed by atoms with E-state index in [0.717, 1.165) is 10.6 Å². The predicted molar refractivity (Wildman–Crippen MR) is 97.9 cm³/mol. The van der Waals surface area contributed by atoms with E-state index in [-0.39, 0.29) is 18.7 Å². The molecule has 1 unspecified atom stereocenters. The van der Waals surface area contributed by atoms with Crippen molar-refractivity contribution in [2.45, 2.75) is 44.4 Å². The molecule has 3 N–H and O–H groups in total. The van der Waals surface area contributed by atoms with Gasteiger partial charge in [0.25, 0.3) is 0 Å². The Morgan fingerprint density at radius 3 is 2.41 bits per heavy atom. The molecule has 0 radical (unpaired) electrons. The number of nitrogens with two attached hydrogens (primary N) is 1. The molecule has 2 aromatic rings. The van der Waals surface area contributed by atoms with E-state index in [4.69, 9.17) is 5.73 Å². The molecule has 1 aromatic heterocycles. The Bertz CT molecular complexity index is 1090. The molecule has 0 bridgehead atoms. The predicted octanol–water partition coefficient (Wildman–Crippen LogP) is 3.04. The molecular formula is C19H19F4N3O3. The third-order valence-electron chi connectivity index (χ3n) is 5.59. The molecule has 1 aliphatic heterocycles. The minimum Gasteiger partial charge on any atom is -0.477 e. The summed E-state index contributed by atoms with van der Waals surface area (Å²) in [5.41, 5.74) is 1.61. The number of fused-ring (bicyclic) bond motifs is 1. The van der Waals surface area contributed by atoms with Gasteiger partial charge < -0.3 is 20.3 Å². The largest absolute Gasteiger partial charge is 0.477 e. The number of nitrogens with zero attached hydrogens (tertiary/aromatic N) is 2. The van der Waals surface area contributed by atoms with Crippen LogP contribution in [0.25, 0.3) is 10.9 Å². The first kappa shape index (κ1) is 19.7. The van der Waals surface area contributed by atoms with Crippen molar-refractivity contribution in [3.8, 4) is 0 Å². The summed E-state index contributed by atoms with van der Waals surface area (Å²) >= 11 is 0. The number of benzene rings is 1. The van der Waals surface area contributed by atoms with Crippen molar-refractivity contribution in [1.29, 1.82) is 0 Å². The number of carboxylic acid groups (broad SMARTS) is 1. The highest BCUT2D eigenvalue weighted by Gasteiger charge is 2.44. The van der Waals surface area contributed by atoms with Crippen LogP contribution in [-0.4, -0.2) is 34.8 Å². The second-order valence-electron chi connectivity index (χ2n) is 7.68. The zero-order valence-corrected chi connectivity index (χ0v) is 15.5. The number of hydrogen-bond donors (Lipinski definition) is 2. The van der Waals surface area contributed by atoms with Gasteiger partial charge in [0.2, 0.25) is 0 Å². The van der Waals surface area contributed by atoms with Crippen LogP contribution in [-0.2, 0) is 6.18 Å². The lowest BCUT2D eigenvalue weighted by Gasteiger charge is -2.28. The van der Waals surface area contributed by atoms with Gasteiger partial charge in [0.05, 0.1) is 16.6 Å². The van der Waals surface area contributed by atoms with Gasteiger partial charge in [-0.2, -0.15) is 13.2 Å². The Morgan fingerprint density at radius 2 is 1.93 bits per heavy atom. The van der Waals surface area contributed by atoms with Gasteiger partial charge in [-0.1, -0.05) is 0 Å². The first-order chi connectivity index (χ1) is 13.5. The zero-order valence-electron chi connectivity index (χ0n) is 15.5. The maximum atomic E-state index is 15.2. The van der Waals surface area contributed by atoms with Crippen LogP contribution in [0.5, 0.6) is 0 Å². The molecule has 4 rings (SSSR count). The van der Waals surface area contributed by atoms with Crippen molar-refractivity contribution in [3.05, 3.63) is 38.9 Å². The molecule has 10 heteroatoms. The maximum Gasteiger partial charge on any atom is 0.420 e. The summed E-state index contributed by atoms with van der Waals surface area (Å²) in [6.45, 7) is 1.42. The average Bonchev–Trinajstić information content (AvgIpc) is 3.36. The number of halogens is 4. The van der Waals surface area contributed by atoms with E-state index >= 15 is 4.39 Å². The number of alkyl halides is 3. The van der Waals surface area contributed by atoms with Crippen LogP contribution in [0.2, 0.25) is 0 Å². The highest BCUT2D eigenvalue weighted by atomic mass is 19.4. The van der Waals surface area contributed by atoms with E-state index in [1.54, 1.807) is 0 Å². The SMILES string of the molecule is Cc1c(F)c(N2CCC(N)C2)c(C(F)(F)F)c2c1c(=O)cc(C(=O)O)n2C1CC1. The smallest absolute Gasteiger partial charge is 0.420 e. The summed E-state index contributed by atoms with van der Waals surface area (Å²) in [6, 6.07) is -0.104. The van der Waals surface area contributed by atoms with Gasteiger partial charge in [-0.05, 0) is 26.2 Å². The molecule has 2 fully saturated rings. The molecule has 1 saturated carbocycles. The van der Waals surface area contributed by atoms with Gasteiger partial charge in [-0.15, -0.1) is 0 Å². The number of carboxylic acids is 1. The Kier molecular flexibility index (Phi) is 4.38. The van der Waals surface area contributed by atoms with Crippen LogP contribution >= 0.6 is 0 Å². The monoisotopic (exact) mass is 413 g/mol. The van der Waals surface area contributed by atoms with Crippen molar-refractivity contribution < 1.29 is 27.5 Å². The normalized spacial score (nSPS) is 19.9. The molecule has 1 aliphatic carbocycles. The second kappa shape index (κ2) is 6.45. The Morgan fingerprint density at radius 1 is 1.28 bits per heavy atom. The van der Waals surface area contributed by atoms with Crippen LogP contribution in [0.3, 0.4) is 0 Å². The van der Waals surface area contributed by atoms with E-state index in [9.17, 15) is 27.9 Å². The number of aryl methyl sites for hydroxylation is 1. The lowest BCUT2D eigenvalue weighted by molar-refractivity contribution is -0.136. The van der Waals surface area contributed by atoms with Crippen LogP contribution in [0.4, 0.5) is 23.2 Å². The minimum atomic E-state index is -5.00. The van der Waals surface area contributed by atoms with E-state index in [2.05, 4.69) is 0 Å². The molecular weight excluding hydrogens is 394 g/mol. The molecule has 2 aliphatic rings. The number of aromatic nitrogens is 1. The Balaban J connectivity index is 2.23. The van der Waals surface area contributed by atoms with Crippen molar-refractivity contribution in [1.82, 2.24) is 4.57 Å². The second-order valence-corrected chi connectivity index (χ2v) is 7.68. The number of hydrogen-bond acceptors (Lipinski definition) is 4. The molecule has 6 nitrogen and oxygen atoms in total. The van der Waals surface area contributed by atoms with Gasteiger partial charge >= 0.3 is 12.1 Å². The maximum absolute atomic E-state index is 15.2. The van der Waals surface area contributed by atoms with Crippen molar-refractivity contribution >= 4 is 22.6 Å². The minimum absolute atomic E-state index is 0.0389. The number of pyridine rings is 1. The summed E-state index contributed by atoms with van der Waals surface area (Å²) in [5, 5.41) is 9.09. The number of carbonyl (C=O) groups is 1. The molecule has 1 atom stereocenters. The van der Waals surface area contributed by atoms with Crippen molar-refractivity contribution in [2.75, 3.05) is 18.0 Å². The molecule has 1 aromatic carbocycles. The van der Waals surface area contributed by atoms with E-state index in [0.29, 0.717) is 19.3 Å². The Labute approximate surface area is 162 Å². The number of anilines is 1. The number of rotatable bonds is 3. The van der Waals surface area contributed by atoms with E-state index in [1.165, 1.54) is 11.8 Å². The lowest BCUT2D eigenvalue weighted by Crippen LogP contribution is -2.31. The fourth-order valence-corrected chi connectivity index (χ4v) is 4.17. The quantitative estimate of drug-likeness (QED) is 0.756. The molecule has 0 spiro atoms. The lowest BCUT2D eigenvalue weighted by atomic mass is 9.98. The summed E-state index contributed by atoms with van der Waals surface area (Å²) < 4.78 is 59.1. The molecule has 2 heterocycles. The van der Waals surface area contributed by atoms with E-state index in [1.807, 2.05) is 0 Å². The molecule has 0 amide bonds. The first-order valence-electron chi connectivity index (χ1n) is 9.24. The molecule has 29 heavy (non-hydrogen) atoms. The van der Waals surface area contributed by atoms with Crippen LogP contribution in [0, 0.1) is 12.7 Å². The fraction of sp³-hybridized carbons (Fsp3) is 0.474. The third kappa shape index (κ3) is 3.06. The van der Waals surface area contributed by atoms with Gasteiger partial charge in [-0.3, -0.25) is 4.79 Å². The summed E-state index contributed by atoms with van der Waals surface area (Å²) in [5.74, 6) is -2.63. The highest BCUT2D eigenvalue weighted by molar-refractivity contribution is 5.96. The van der Waals surface area contributed by atoms with Gasteiger partial charge in [0, 0.05) is 36.8 Å². The fourth-order valence-electron chi connectivity index (χ4n) is 4.17. The zero-order chi connectivity index (χ0) is 21.2.